The molecule has 0 saturated carbocycles. The van der Waals surface area contributed by atoms with E-state index in [-0.39, 0.29) is 16.8 Å². The summed E-state index contributed by atoms with van der Waals surface area (Å²) in [6, 6.07) is 10.2. The van der Waals surface area contributed by atoms with Crippen LogP contribution in [0.15, 0.2) is 57.2 Å². The molecule has 0 spiro atoms. The zero-order chi connectivity index (χ0) is 19.4. The van der Waals surface area contributed by atoms with E-state index >= 15 is 0 Å². The van der Waals surface area contributed by atoms with Gasteiger partial charge in [0.25, 0.3) is 5.91 Å². The molecule has 8 heteroatoms. The number of carbonyl (C=O) groups is 1. The molecule has 1 atom stereocenters. The summed E-state index contributed by atoms with van der Waals surface area (Å²) in [4.78, 5) is 27.9. The minimum Gasteiger partial charge on any atom is -0.450 e. The van der Waals surface area contributed by atoms with Gasteiger partial charge in [-0.25, -0.2) is 4.39 Å². The van der Waals surface area contributed by atoms with E-state index in [0.717, 1.165) is 5.56 Å². The largest absolute Gasteiger partial charge is 0.450 e. The molecule has 0 bridgehead atoms. The van der Waals surface area contributed by atoms with Gasteiger partial charge in [0.05, 0.1) is 17.0 Å². The lowest BCUT2D eigenvalue weighted by atomic mass is 9.98. The van der Waals surface area contributed by atoms with E-state index in [4.69, 9.17) is 4.42 Å². The Balaban J connectivity index is 1.83. The highest BCUT2D eigenvalue weighted by Crippen LogP contribution is 2.41. The van der Waals surface area contributed by atoms with Crippen LogP contribution in [0.25, 0.3) is 11.0 Å². The average Bonchev–Trinajstić information content (AvgIpc) is 3.30. The normalized spacial score (nSPS) is 16.0. The van der Waals surface area contributed by atoms with Crippen molar-refractivity contribution >= 4 is 33.3 Å². The number of anilines is 1. The van der Waals surface area contributed by atoms with E-state index in [1.54, 1.807) is 24.3 Å². The minimum atomic E-state index is -0.766. The van der Waals surface area contributed by atoms with E-state index in [9.17, 15) is 14.0 Å². The second-order valence-electron chi connectivity index (χ2n) is 6.52. The molecule has 5 rings (SSSR count). The standard InChI is InChI=1S/C20H12FN3O3S/c1-10-2-7-14-13(8-10)17(25)15-16(11-3-5-12(21)6-4-11)24(19(26)18(15)27-14)20-23-22-9-28-20/h2-9,16H,1H3/t16-/m1/s1. The Labute approximate surface area is 161 Å². The fraction of sp³-hybridized carbons (Fsp3) is 0.100. The Kier molecular flexibility index (Phi) is 3.63. The number of hydrogen-bond acceptors (Lipinski definition) is 6. The first-order chi connectivity index (χ1) is 13.5. The van der Waals surface area contributed by atoms with Crippen molar-refractivity contribution in [3.63, 3.8) is 0 Å². The third-order valence-electron chi connectivity index (χ3n) is 4.77. The summed E-state index contributed by atoms with van der Waals surface area (Å²) in [5.41, 5.74) is 3.29. The SMILES string of the molecule is Cc1ccc2oc3c(c(=O)c2c1)[C@@H](c1ccc(F)cc1)N(c1nncs1)C3=O. The maximum Gasteiger partial charge on any atom is 0.297 e. The van der Waals surface area contributed by atoms with Crippen LogP contribution in [-0.4, -0.2) is 16.1 Å². The summed E-state index contributed by atoms with van der Waals surface area (Å²) in [5.74, 6) is -0.900. The fourth-order valence-corrected chi connectivity index (χ4v) is 4.10. The van der Waals surface area contributed by atoms with Crippen LogP contribution in [0.5, 0.6) is 0 Å². The van der Waals surface area contributed by atoms with Gasteiger partial charge in [-0.2, -0.15) is 0 Å². The van der Waals surface area contributed by atoms with Crippen molar-refractivity contribution < 1.29 is 13.6 Å². The summed E-state index contributed by atoms with van der Waals surface area (Å²) in [6.07, 6.45) is 0. The van der Waals surface area contributed by atoms with Gasteiger partial charge in [0.15, 0.2) is 5.43 Å². The summed E-state index contributed by atoms with van der Waals surface area (Å²) in [6.45, 7) is 1.88. The van der Waals surface area contributed by atoms with E-state index in [1.165, 1.54) is 33.9 Å². The predicted molar refractivity (Wildman–Crippen MR) is 102 cm³/mol. The second-order valence-corrected chi connectivity index (χ2v) is 7.34. The predicted octanol–water partition coefficient (Wildman–Crippen LogP) is 3.84. The van der Waals surface area contributed by atoms with Crippen LogP contribution in [0.2, 0.25) is 0 Å². The van der Waals surface area contributed by atoms with Crippen molar-refractivity contribution in [3.05, 3.63) is 86.5 Å². The quantitative estimate of drug-likeness (QED) is 0.517. The molecule has 4 aromatic rings. The molecule has 0 aliphatic carbocycles. The van der Waals surface area contributed by atoms with Crippen LogP contribution in [0.1, 0.15) is 33.3 Å². The fourth-order valence-electron chi connectivity index (χ4n) is 3.52. The monoisotopic (exact) mass is 393 g/mol. The van der Waals surface area contributed by atoms with Crippen molar-refractivity contribution in [2.75, 3.05) is 4.90 Å². The lowest BCUT2D eigenvalue weighted by Gasteiger charge is -2.21. The highest BCUT2D eigenvalue weighted by molar-refractivity contribution is 7.13. The Bertz CT molecular complexity index is 1280. The van der Waals surface area contributed by atoms with Crippen molar-refractivity contribution in [1.82, 2.24) is 10.2 Å². The van der Waals surface area contributed by atoms with Gasteiger partial charge in [-0.15, -0.1) is 10.2 Å². The van der Waals surface area contributed by atoms with Crippen LogP contribution in [0.4, 0.5) is 9.52 Å². The molecule has 1 amide bonds. The Hall–Kier alpha value is -3.39. The van der Waals surface area contributed by atoms with Gasteiger partial charge in [0, 0.05) is 0 Å². The molecule has 0 radical (unpaired) electrons. The van der Waals surface area contributed by atoms with Crippen molar-refractivity contribution in [2.45, 2.75) is 13.0 Å². The van der Waals surface area contributed by atoms with Crippen molar-refractivity contribution in [2.24, 2.45) is 0 Å². The van der Waals surface area contributed by atoms with Gasteiger partial charge in [0.1, 0.15) is 16.9 Å². The molecule has 0 unspecified atom stereocenters. The number of aromatic nitrogens is 2. The van der Waals surface area contributed by atoms with E-state index in [1.807, 2.05) is 13.0 Å². The van der Waals surface area contributed by atoms with Crippen LogP contribution in [-0.2, 0) is 0 Å². The molecule has 0 saturated heterocycles. The lowest BCUT2D eigenvalue weighted by Crippen LogP contribution is -2.29. The van der Waals surface area contributed by atoms with E-state index in [2.05, 4.69) is 10.2 Å². The number of fused-ring (bicyclic) bond motifs is 2. The van der Waals surface area contributed by atoms with Crippen molar-refractivity contribution in [3.8, 4) is 0 Å². The Morgan fingerprint density at radius 1 is 1.14 bits per heavy atom. The second kappa shape index (κ2) is 6.07. The van der Waals surface area contributed by atoms with E-state index < -0.39 is 17.8 Å². The molecule has 6 nitrogen and oxygen atoms in total. The van der Waals surface area contributed by atoms with Gasteiger partial charge in [-0.3, -0.25) is 14.5 Å². The van der Waals surface area contributed by atoms with Crippen LogP contribution in [0, 0.1) is 12.7 Å². The number of hydrogen-bond donors (Lipinski definition) is 0. The number of aryl methyl sites for hydroxylation is 1. The molecule has 0 fully saturated rings. The third-order valence-corrected chi connectivity index (χ3v) is 5.45. The highest BCUT2D eigenvalue weighted by atomic mass is 32.1. The molecule has 2 aromatic carbocycles. The Morgan fingerprint density at radius 3 is 2.64 bits per heavy atom. The molecule has 3 heterocycles. The number of amides is 1. The number of benzene rings is 2. The van der Waals surface area contributed by atoms with Crippen LogP contribution in [0.3, 0.4) is 0 Å². The van der Waals surface area contributed by atoms with Gasteiger partial charge in [-0.1, -0.05) is 35.1 Å². The first-order valence-corrected chi connectivity index (χ1v) is 9.35. The van der Waals surface area contributed by atoms with E-state index in [0.29, 0.717) is 21.7 Å². The third kappa shape index (κ3) is 2.38. The highest BCUT2D eigenvalue weighted by Gasteiger charge is 2.44. The van der Waals surface area contributed by atoms with Gasteiger partial charge in [-0.05, 0) is 36.8 Å². The molecule has 28 heavy (non-hydrogen) atoms. The number of rotatable bonds is 2. The maximum absolute atomic E-state index is 13.5. The number of carbonyl (C=O) groups excluding carboxylic acids is 1. The summed E-state index contributed by atoms with van der Waals surface area (Å²) >= 11 is 1.17. The number of nitrogens with zero attached hydrogens (tertiary/aromatic N) is 3. The Morgan fingerprint density at radius 2 is 1.93 bits per heavy atom. The lowest BCUT2D eigenvalue weighted by molar-refractivity contribution is 0.0970. The first kappa shape index (κ1) is 16.8. The van der Waals surface area contributed by atoms with Crippen LogP contribution < -0.4 is 10.3 Å². The van der Waals surface area contributed by atoms with Gasteiger partial charge >= 0.3 is 0 Å². The zero-order valence-corrected chi connectivity index (χ0v) is 15.4. The first-order valence-electron chi connectivity index (χ1n) is 8.47. The summed E-state index contributed by atoms with van der Waals surface area (Å²) in [7, 11) is 0. The van der Waals surface area contributed by atoms with Crippen molar-refractivity contribution in [1.29, 1.82) is 0 Å². The van der Waals surface area contributed by atoms with Gasteiger partial charge in [0.2, 0.25) is 10.9 Å². The maximum atomic E-state index is 13.5. The molecule has 138 valence electrons. The minimum absolute atomic E-state index is 0.0223. The molecule has 1 aliphatic rings. The van der Waals surface area contributed by atoms with Crippen LogP contribution >= 0.6 is 11.3 Å². The smallest absolute Gasteiger partial charge is 0.297 e. The summed E-state index contributed by atoms with van der Waals surface area (Å²) in [5, 5.41) is 8.53. The summed E-state index contributed by atoms with van der Waals surface area (Å²) < 4.78 is 19.3. The molecule has 2 aromatic heterocycles. The zero-order valence-electron chi connectivity index (χ0n) is 14.5. The number of halogens is 1. The molecular formula is C20H12FN3O3S. The molecule has 0 N–H and O–H groups in total. The molecule has 1 aliphatic heterocycles. The molecular weight excluding hydrogens is 381 g/mol. The topological polar surface area (TPSA) is 76.3 Å². The van der Waals surface area contributed by atoms with Gasteiger partial charge < -0.3 is 4.42 Å². The average molecular weight is 393 g/mol.